The highest BCUT2D eigenvalue weighted by atomic mass is 19.4. The molecule has 0 unspecified atom stereocenters. The van der Waals surface area contributed by atoms with E-state index < -0.39 is 25.5 Å². The van der Waals surface area contributed by atoms with E-state index in [1.165, 1.54) is 31.4 Å². The van der Waals surface area contributed by atoms with Crippen molar-refractivity contribution < 1.29 is 32.2 Å². The zero-order valence-corrected chi connectivity index (χ0v) is 9.49. The van der Waals surface area contributed by atoms with Gasteiger partial charge in [0.15, 0.2) is 6.79 Å². The van der Waals surface area contributed by atoms with Crippen molar-refractivity contribution in [1.29, 1.82) is 0 Å². The van der Waals surface area contributed by atoms with Crippen LogP contribution in [0.3, 0.4) is 0 Å². The van der Waals surface area contributed by atoms with E-state index in [9.17, 15) is 18.0 Å². The average Bonchev–Trinajstić information content (AvgIpc) is 2.33. The summed E-state index contributed by atoms with van der Waals surface area (Å²) in [6.07, 6.45) is -4.38. The molecule has 7 heteroatoms. The summed E-state index contributed by atoms with van der Waals surface area (Å²) in [4.78, 5) is 11.1. The van der Waals surface area contributed by atoms with Gasteiger partial charge in [-0.15, -0.1) is 0 Å². The van der Waals surface area contributed by atoms with Crippen molar-refractivity contribution in [2.45, 2.75) is 6.18 Å². The Hall–Kier alpha value is -1.76. The van der Waals surface area contributed by atoms with E-state index >= 15 is 0 Å². The summed E-state index contributed by atoms with van der Waals surface area (Å²) in [5, 5.41) is 0. The molecule has 0 saturated carbocycles. The number of carbonyl (C=O) groups is 1. The van der Waals surface area contributed by atoms with E-state index in [1.54, 1.807) is 0 Å². The maximum Gasteiger partial charge on any atom is 0.411 e. The molecule has 0 atom stereocenters. The number of methoxy groups -OCH3 is 1. The van der Waals surface area contributed by atoms with Crippen molar-refractivity contribution >= 4 is 5.97 Å². The zero-order valence-electron chi connectivity index (χ0n) is 9.49. The second-order valence-electron chi connectivity index (χ2n) is 3.24. The molecule has 0 radical (unpaired) electrons. The maximum absolute atomic E-state index is 11.7. The Morgan fingerprint density at radius 1 is 1.22 bits per heavy atom. The molecule has 0 spiro atoms. The molecule has 0 heterocycles. The molecule has 4 nitrogen and oxygen atoms in total. The molecule has 100 valence electrons. The van der Waals surface area contributed by atoms with E-state index in [2.05, 4.69) is 9.47 Å². The number of rotatable bonds is 5. The van der Waals surface area contributed by atoms with E-state index in [0.717, 1.165) is 0 Å². The fraction of sp³-hybridized carbons (Fsp3) is 0.364. The van der Waals surface area contributed by atoms with Gasteiger partial charge < -0.3 is 14.2 Å². The minimum absolute atomic E-state index is 0.296. The first kappa shape index (κ1) is 14.3. The number of carbonyl (C=O) groups excluding carboxylic acids is 1. The lowest BCUT2D eigenvalue weighted by molar-refractivity contribution is -0.186. The van der Waals surface area contributed by atoms with Gasteiger partial charge in [0.2, 0.25) is 0 Å². The standard InChI is InChI=1S/C11H11F3O4/c1-16-10(15)8-2-4-9(5-3-8)18-7-17-6-11(12,13)14/h2-5H,6-7H2,1H3. The molecule has 0 aromatic heterocycles. The third-order valence-electron chi connectivity index (χ3n) is 1.85. The molecule has 0 aliphatic carbocycles. The lowest BCUT2D eigenvalue weighted by Crippen LogP contribution is -2.19. The summed E-state index contributed by atoms with van der Waals surface area (Å²) >= 11 is 0. The lowest BCUT2D eigenvalue weighted by Gasteiger charge is -2.09. The van der Waals surface area contributed by atoms with Gasteiger partial charge in [0.05, 0.1) is 12.7 Å². The molecule has 1 rings (SSSR count). The summed E-state index contributed by atoms with van der Waals surface area (Å²) < 4.78 is 48.8. The largest absolute Gasteiger partial charge is 0.468 e. The molecule has 1 aromatic rings. The number of benzene rings is 1. The van der Waals surface area contributed by atoms with Gasteiger partial charge in [0.25, 0.3) is 0 Å². The Morgan fingerprint density at radius 3 is 2.33 bits per heavy atom. The van der Waals surface area contributed by atoms with Gasteiger partial charge in [0, 0.05) is 0 Å². The van der Waals surface area contributed by atoms with Gasteiger partial charge in [-0.05, 0) is 24.3 Å². The number of ether oxygens (including phenoxy) is 3. The van der Waals surface area contributed by atoms with Crippen molar-refractivity contribution in [2.75, 3.05) is 20.5 Å². The van der Waals surface area contributed by atoms with Crippen molar-refractivity contribution in [2.24, 2.45) is 0 Å². The summed E-state index contributed by atoms with van der Waals surface area (Å²) in [5.74, 6) is -0.209. The third-order valence-corrected chi connectivity index (χ3v) is 1.85. The van der Waals surface area contributed by atoms with Crippen LogP contribution in [0, 0.1) is 0 Å². The van der Waals surface area contributed by atoms with Crippen LogP contribution in [0.1, 0.15) is 10.4 Å². The van der Waals surface area contributed by atoms with Crippen molar-refractivity contribution in [1.82, 2.24) is 0 Å². The third kappa shape index (κ3) is 5.05. The summed E-state index contributed by atoms with van der Waals surface area (Å²) in [7, 11) is 1.25. The van der Waals surface area contributed by atoms with E-state index in [4.69, 9.17) is 4.74 Å². The van der Waals surface area contributed by atoms with Gasteiger partial charge in [-0.2, -0.15) is 13.2 Å². The van der Waals surface area contributed by atoms with Crippen LogP contribution in [0.2, 0.25) is 0 Å². The van der Waals surface area contributed by atoms with Crippen LogP contribution < -0.4 is 4.74 Å². The molecule has 0 aliphatic heterocycles. The second kappa shape index (κ2) is 6.25. The molecule has 0 fully saturated rings. The molecule has 1 aromatic carbocycles. The van der Waals surface area contributed by atoms with Crippen molar-refractivity contribution in [3.63, 3.8) is 0 Å². The van der Waals surface area contributed by atoms with Crippen molar-refractivity contribution in [3.05, 3.63) is 29.8 Å². The molecule has 0 aliphatic rings. The minimum atomic E-state index is -4.38. The average molecular weight is 264 g/mol. The monoisotopic (exact) mass is 264 g/mol. The Balaban J connectivity index is 2.38. The highest BCUT2D eigenvalue weighted by Crippen LogP contribution is 2.16. The molecule has 18 heavy (non-hydrogen) atoms. The van der Waals surface area contributed by atoms with E-state index in [0.29, 0.717) is 11.3 Å². The fourth-order valence-corrected chi connectivity index (χ4v) is 1.07. The predicted octanol–water partition coefficient (Wildman–Crippen LogP) is 2.39. The van der Waals surface area contributed by atoms with Gasteiger partial charge in [-0.3, -0.25) is 0 Å². The predicted molar refractivity (Wildman–Crippen MR) is 55.3 cm³/mol. The Morgan fingerprint density at radius 2 is 1.83 bits per heavy atom. The Kier molecular flexibility index (Phi) is 4.96. The molecule has 0 saturated heterocycles. The summed E-state index contributed by atoms with van der Waals surface area (Å²) in [5.41, 5.74) is 0.320. The summed E-state index contributed by atoms with van der Waals surface area (Å²) in [6.45, 7) is -1.88. The second-order valence-corrected chi connectivity index (χ2v) is 3.24. The van der Waals surface area contributed by atoms with E-state index in [1.807, 2.05) is 0 Å². The minimum Gasteiger partial charge on any atom is -0.468 e. The maximum atomic E-state index is 11.7. The van der Waals surface area contributed by atoms with Gasteiger partial charge in [-0.25, -0.2) is 4.79 Å². The van der Waals surface area contributed by atoms with Crippen LogP contribution >= 0.6 is 0 Å². The first-order valence-electron chi connectivity index (χ1n) is 4.88. The number of hydrogen-bond donors (Lipinski definition) is 0. The zero-order chi connectivity index (χ0) is 13.6. The number of hydrogen-bond acceptors (Lipinski definition) is 4. The van der Waals surface area contributed by atoms with Crippen LogP contribution in [0.25, 0.3) is 0 Å². The van der Waals surface area contributed by atoms with Crippen LogP contribution in [-0.4, -0.2) is 32.7 Å². The molecule has 0 N–H and O–H groups in total. The lowest BCUT2D eigenvalue weighted by atomic mass is 10.2. The quantitative estimate of drug-likeness (QED) is 0.465. The van der Waals surface area contributed by atoms with Crippen LogP contribution in [0.5, 0.6) is 5.75 Å². The van der Waals surface area contributed by atoms with Crippen LogP contribution in [0.15, 0.2) is 24.3 Å². The number of esters is 1. The summed E-state index contributed by atoms with van der Waals surface area (Å²) in [6, 6.07) is 5.74. The molecular weight excluding hydrogens is 253 g/mol. The highest BCUT2D eigenvalue weighted by molar-refractivity contribution is 5.89. The molecular formula is C11H11F3O4. The van der Waals surface area contributed by atoms with E-state index in [-0.39, 0.29) is 0 Å². The first-order chi connectivity index (χ1) is 8.42. The number of halogens is 3. The van der Waals surface area contributed by atoms with Gasteiger partial charge >= 0.3 is 12.1 Å². The fourth-order valence-electron chi connectivity index (χ4n) is 1.07. The molecule has 0 bridgehead atoms. The Bertz CT molecular complexity index is 386. The number of alkyl halides is 3. The van der Waals surface area contributed by atoms with Crippen molar-refractivity contribution in [3.8, 4) is 5.75 Å². The smallest absolute Gasteiger partial charge is 0.411 e. The van der Waals surface area contributed by atoms with Crippen LogP contribution in [-0.2, 0) is 9.47 Å². The molecule has 0 amide bonds. The van der Waals surface area contributed by atoms with Crippen LogP contribution in [0.4, 0.5) is 13.2 Å². The SMILES string of the molecule is COC(=O)c1ccc(OCOCC(F)(F)F)cc1. The highest BCUT2D eigenvalue weighted by Gasteiger charge is 2.27. The van der Waals surface area contributed by atoms with Gasteiger partial charge in [0.1, 0.15) is 12.4 Å². The normalized spacial score (nSPS) is 11.1. The topological polar surface area (TPSA) is 44.8 Å². The Labute approximate surface area is 101 Å². The first-order valence-corrected chi connectivity index (χ1v) is 4.88. The van der Waals surface area contributed by atoms with Gasteiger partial charge in [-0.1, -0.05) is 0 Å².